The number of rotatable bonds is 8. The molecule has 0 fully saturated rings. The zero-order valence-electron chi connectivity index (χ0n) is 15.4. The van der Waals surface area contributed by atoms with Gasteiger partial charge in [-0.3, -0.25) is 9.78 Å². The molecule has 0 aliphatic carbocycles. The molecule has 0 atom stereocenters. The van der Waals surface area contributed by atoms with Gasteiger partial charge in [0.2, 0.25) is 5.43 Å². The van der Waals surface area contributed by atoms with Crippen LogP contribution in [0.5, 0.6) is 5.75 Å². The quantitative estimate of drug-likeness (QED) is 0.550. The van der Waals surface area contributed by atoms with E-state index in [2.05, 4.69) is 10.3 Å². The lowest BCUT2D eigenvalue weighted by atomic mass is 10.1. The number of aromatic hydroxyl groups is 1. The van der Waals surface area contributed by atoms with Gasteiger partial charge in [-0.05, 0) is 44.0 Å². The third-order valence-electron chi connectivity index (χ3n) is 4.76. The minimum absolute atomic E-state index is 0.146. The van der Waals surface area contributed by atoms with Gasteiger partial charge in [0.05, 0.1) is 11.2 Å². The maximum Gasteiger partial charge on any atom is 0.223 e. The molecule has 0 aliphatic rings. The number of pyridine rings is 2. The van der Waals surface area contributed by atoms with E-state index in [1.54, 1.807) is 19.3 Å². The van der Waals surface area contributed by atoms with Gasteiger partial charge >= 0.3 is 0 Å². The maximum absolute atomic E-state index is 11.4. The van der Waals surface area contributed by atoms with Crippen LogP contribution in [0.25, 0.3) is 10.9 Å². The SMILES string of the molecule is Cc1c(O)c(=O)ccn1CCCCCCNc1ccnc2cc(Cl)ccc12. The molecular formula is C21H24ClN3O2. The second-order valence-corrected chi connectivity index (χ2v) is 7.10. The van der Waals surface area contributed by atoms with Gasteiger partial charge in [-0.2, -0.15) is 0 Å². The van der Waals surface area contributed by atoms with E-state index >= 15 is 0 Å². The summed E-state index contributed by atoms with van der Waals surface area (Å²) in [4.78, 5) is 15.7. The number of hydrogen-bond donors (Lipinski definition) is 2. The zero-order chi connectivity index (χ0) is 19.2. The summed E-state index contributed by atoms with van der Waals surface area (Å²) >= 11 is 6.03. The van der Waals surface area contributed by atoms with E-state index < -0.39 is 0 Å². The molecular weight excluding hydrogens is 362 g/mol. The Bertz CT molecular complexity index is 985. The van der Waals surface area contributed by atoms with Crippen molar-refractivity contribution < 1.29 is 5.11 Å². The lowest BCUT2D eigenvalue weighted by Gasteiger charge is -2.12. The standard InChI is InChI=1S/C21H24ClN3O2/c1-15-21(27)20(26)9-13-25(15)12-5-3-2-4-10-23-18-8-11-24-19-14-16(22)6-7-17(18)19/h6-9,11,13-14,27H,2-5,10,12H2,1H3,(H,23,24). The number of nitrogens with zero attached hydrogens (tertiary/aromatic N) is 2. The maximum atomic E-state index is 11.4. The predicted molar refractivity (Wildman–Crippen MR) is 111 cm³/mol. The van der Waals surface area contributed by atoms with Crippen LogP contribution >= 0.6 is 11.6 Å². The van der Waals surface area contributed by atoms with E-state index in [0.717, 1.165) is 55.4 Å². The number of halogens is 1. The molecule has 0 aliphatic heterocycles. The van der Waals surface area contributed by atoms with Crippen LogP contribution in [0.4, 0.5) is 5.69 Å². The number of anilines is 1. The summed E-state index contributed by atoms with van der Waals surface area (Å²) in [6.07, 6.45) is 7.85. The lowest BCUT2D eigenvalue weighted by Crippen LogP contribution is -2.10. The van der Waals surface area contributed by atoms with Gasteiger partial charge in [-0.1, -0.05) is 24.4 Å². The molecule has 3 aromatic rings. The molecule has 0 unspecified atom stereocenters. The van der Waals surface area contributed by atoms with Crippen molar-refractivity contribution in [2.45, 2.75) is 39.2 Å². The average molecular weight is 386 g/mol. The van der Waals surface area contributed by atoms with Crippen molar-refractivity contribution in [1.82, 2.24) is 9.55 Å². The van der Waals surface area contributed by atoms with Crippen LogP contribution in [-0.2, 0) is 6.54 Å². The van der Waals surface area contributed by atoms with Crippen LogP contribution in [0.1, 0.15) is 31.4 Å². The van der Waals surface area contributed by atoms with Gasteiger partial charge in [-0.25, -0.2) is 0 Å². The molecule has 1 aromatic carbocycles. The molecule has 0 saturated carbocycles. The van der Waals surface area contributed by atoms with Crippen LogP contribution in [0, 0.1) is 6.92 Å². The number of unbranched alkanes of at least 4 members (excludes halogenated alkanes) is 3. The third-order valence-corrected chi connectivity index (χ3v) is 4.99. The highest BCUT2D eigenvalue weighted by Gasteiger charge is 2.05. The molecule has 0 amide bonds. The molecule has 2 heterocycles. The van der Waals surface area contributed by atoms with Crippen LogP contribution in [0.2, 0.25) is 5.02 Å². The summed E-state index contributed by atoms with van der Waals surface area (Å²) in [5, 5.41) is 15.0. The first kappa shape index (κ1) is 19.2. The summed E-state index contributed by atoms with van der Waals surface area (Å²) in [7, 11) is 0. The second-order valence-electron chi connectivity index (χ2n) is 6.67. The summed E-state index contributed by atoms with van der Waals surface area (Å²) in [5.41, 5.74) is 2.29. The minimum Gasteiger partial charge on any atom is -0.503 e. The third kappa shape index (κ3) is 4.80. The molecule has 0 bridgehead atoms. The fourth-order valence-electron chi connectivity index (χ4n) is 3.16. The van der Waals surface area contributed by atoms with Gasteiger partial charge < -0.3 is 15.0 Å². The Morgan fingerprint density at radius 2 is 1.96 bits per heavy atom. The van der Waals surface area contributed by atoms with Crippen molar-refractivity contribution >= 4 is 28.2 Å². The average Bonchev–Trinajstić information content (AvgIpc) is 2.66. The molecule has 0 saturated heterocycles. The van der Waals surface area contributed by atoms with Crippen LogP contribution in [-0.4, -0.2) is 21.2 Å². The Balaban J connectivity index is 1.42. The van der Waals surface area contributed by atoms with Crippen LogP contribution in [0.15, 0.2) is 47.5 Å². The van der Waals surface area contributed by atoms with E-state index in [1.165, 1.54) is 6.07 Å². The summed E-state index contributed by atoms with van der Waals surface area (Å²) < 4.78 is 1.93. The zero-order valence-corrected chi connectivity index (χ0v) is 16.2. The van der Waals surface area contributed by atoms with Crippen molar-refractivity contribution in [3.63, 3.8) is 0 Å². The Kier molecular flexibility index (Phi) is 6.35. The molecule has 3 rings (SSSR count). The molecule has 27 heavy (non-hydrogen) atoms. The van der Waals surface area contributed by atoms with Crippen molar-refractivity contribution in [2.24, 2.45) is 0 Å². The number of aromatic nitrogens is 2. The van der Waals surface area contributed by atoms with E-state index in [0.29, 0.717) is 10.7 Å². The monoisotopic (exact) mass is 385 g/mol. The molecule has 2 aromatic heterocycles. The lowest BCUT2D eigenvalue weighted by molar-refractivity contribution is 0.449. The van der Waals surface area contributed by atoms with Crippen molar-refractivity contribution in [3.05, 3.63) is 63.7 Å². The van der Waals surface area contributed by atoms with Gasteiger partial charge in [-0.15, -0.1) is 0 Å². The Hall–Kier alpha value is -2.53. The summed E-state index contributed by atoms with van der Waals surface area (Å²) in [6, 6.07) is 9.15. The summed E-state index contributed by atoms with van der Waals surface area (Å²) in [6.45, 7) is 3.48. The van der Waals surface area contributed by atoms with Gasteiger partial charge in [0, 0.05) is 47.6 Å². The van der Waals surface area contributed by atoms with Crippen molar-refractivity contribution in [1.29, 1.82) is 0 Å². The van der Waals surface area contributed by atoms with E-state index in [9.17, 15) is 9.90 Å². The van der Waals surface area contributed by atoms with Crippen molar-refractivity contribution in [2.75, 3.05) is 11.9 Å². The number of benzene rings is 1. The molecule has 5 nitrogen and oxygen atoms in total. The first-order valence-corrected chi connectivity index (χ1v) is 9.61. The van der Waals surface area contributed by atoms with Gasteiger partial charge in [0.25, 0.3) is 0 Å². The fourth-order valence-corrected chi connectivity index (χ4v) is 3.33. The second kappa shape index (κ2) is 8.91. The van der Waals surface area contributed by atoms with Gasteiger partial charge in [0.1, 0.15) is 0 Å². The number of aryl methyl sites for hydroxylation is 1. The smallest absolute Gasteiger partial charge is 0.223 e. The number of nitrogens with one attached hydrogen (secondary N) is 1. The molecule has 142 valence electrons. The van der Waals surface area contributed by atoms with Gasteiger partial charge in [0.15, 0.2) is 5.75 Å². The fraction of sp³-hybridized carbons (Fsp3) is 0.333. The Morgan fingerprint density at radius 1 is 1.15 bits per heavy atom. The topological polar surface area (TPSA) is 67.2 Å². The number of hydrogen-bond acceptors (Lipinski definition) is 4. The molecule has 0 spiro atoms. The molecule has 0 radical (unpaired) electrons. The van der Waals surface area contributed by atoms with Crippen LogP contribution < -0.4 is 10.7 Å². The van der Waals surface area contributed by atoms with Crippen LogP contribution in [0.3, 0.4) is 0 Å². The molecule has 6 heteroatoms. The van der Waals surface area contributed by atoms with E-state index in [4.69, 9.17) is 11.6 Å². The van der Waals surface area contributed by atoms with E-state index in [-0.39, 0.29) is 11.2 Å². The Labute approximate surface area is 163 Å². The highest BCUT2D eigenvalue weighted by atomic mass is 35.5. The predicted octanol–water partition coefficient (Wildman–Crippen LogP) is 4.74. The van der Waals surface area contributed by atoms with Crippen molar-refractivity contribution in [3.8, 4) is 5.75 Å². The summed E-state index contributed by atoms with van der Waals surface area (Å²) in [5.74, 6) is -0.146. The molecule has 2 N–H and O–H groups in total. The van der Waals surface area contributed by atoms with E-state index in [1.807, 2.05) is 28.8 Å². The number of fused-ring (bicyclic) bond motifs is 1. The largest absolute Gasteiger partial charge is 0.503 e. The highest BCUT2D eigenvalue weighted by Crippen LogP contribution is 2.24. The Morgan fingerprint density at radius 3 is 2.81 bits per heavy atom. The normalized spacial score (nSPS) is 11.0. The first-order valence-electron chi connectivity index (χ1n) is 9.23. The first-order chi connectivity index (χ1) is 13.1. The minimum atomic E-state index is -0.319. The highest BCUT2D eigenvalue weighted by molar-refractivity contribution is 6.31.